The first-order valence-electron chi connectivity index (χ1n) is 6.30. The van der Waals surface area contributed by atoms with Gasteiger partial charge in [0.1, 0.15) is 0 Å². The average molecular weight is 243 g/mol. The van der Waals surface area contributed by atoms with Gasteiger partial charge in [-0.15, -0.1) is 0 Å². The molecule has 0 aromatic rings. The van der Waals surface area contributed by atoms with E-state index in [0.29, 0.717) is 19.0 Å². The van der Waals surface area contributed by atoms with Gasteiger partial charge in [0.2, 0.25) is 5.91 Å². The van der Waals surface area contributed by atoms with Crippen molar-refractivity contribution in [2.24, 2.45) is 11.1 Å². The summed E-state index contributed by atoms with van der Waals surface area (Å²) in [5.41, 5.74) is 6.13. The molecular formula is C13H29N3O. The highest BCUT2D eigenvalue weighted by Gasteiger charge is 2.18. The molecule has 17 heavy (non-hydrogen) atoms. The summed E-state index contributed by atoms with van der Waals surface area (Å²) in [5.74, 6) is 0.0513. The highest BCUT2D eigenvalue weighted by Crippen LogP contribution is 2.20. The lowest BCUT2D eigenvalue weighted by Gasteiger charge is -2.23. The molecule has 4 heteroatoms. The summed E-state index contributed by atoms with van der Waals surface area (Å²) in [4.78, 5) is 13.7. The predicted octanol–water partition coefficient (Wildman–Crippen LogP) is 1.21. The molecule has 0 saturated carbocycles. The number of likely N-dealkylation sites (N-methyl/N-ethyl adjacent to an activating group) is 1. The predicted molar refractivity (Wildman–Crippen MR) is 72.8 cm³/mol. The van der Waals surface area contributed by atoms with Crippen LogP contribution in [0.25, 0.3) is 0 Å². The third-order valence-electron chi connectivity index (χ3n) is 2.80. The van der Waals surface area contributed by atoms with Crippen molar-refractivity contribution >= 4 is 5.91 Å². The van der Waals surface area contributed by atoms with Crippen LogP contribution in [0.1, 0.15) is 40.5 Å². The SMILES string of the molecule is CC(CNC(=O)CC(N)CC(C)(C)C)N(C)C. The van der Waals surface area contributed by atoms with Crippen LogP contribution in [0.15, 0.2) is 0 Å². The fourth-order valence-electron chi connectivity index (χ4n) is 1.61. The molecule has 0 aliphatic rings. The second-order valence-corrected chi connectivity index (χ2v) is 6.35. The van der Waals surface area contributed by atoms with E-state index in [2.05, 4.69) is 37.9 Å². The smallest absolute Gasteiger partial charge is 0.221 e. The molecular weight excluding hydrogens is 214 g/mol. The maximum atomic E-state index is 11.7. The van der Waals surface area contributed by atoms with Gasteiger partial charge in [-0.05, 0) is 32.9 Å². The molecule has 3 N–H and O–H groups in total. The first-order chi connectivity index (χ1) is 7.61. The van der Waals surface area contributed by atoms with Crippen LogP contribution in [-0.2, 0) is 4.79 Å². The van der Waals surface area contributed by atoms with Crippen LogP contribution in [0.4, 0.5) is 0 Å². The Bertz CT molecular complexity index is 233. The Morgan fingerprint density at radius 2 is 1.88 bits per heavy atom. The van der Waals surface area contributed by atoms with Crippen molar-refractivity contribution in [3.63, 3.8) is 0 Å². The fraction of sp³-hybridized carbons (Fsp3) is 0.923. The van der Waals surface area contributed by atoms with E-state index in [4.69, 9.17) is 5.73 Å². The van der Waals surface area contributed by atoms with Crippen LogP contribution in [0.2, 0.25) is 0 Å². The topological polar surface area (TPSA) is 58.4 Å². The van der Waals surface area contributed by atoms with Crippen LogP contribution >= 0.6 is 0 Å². The van der Waals surface area contributed by atoms with Crippen molar-refractivity contribution < 1.29 is 4.79 Å². The van der Waals surface area contributed by atoms with Gasteiger partial charge in [0.15, 0.2) is 0 Å². The monoisotopic (exact) mass is 243 g/mol. The fourth-order valence-corrected chi connectivity index (χ4v) is 1.61. The third-order valence-corrected chi connectivity index (χ3v) is 2.80. The van der Waals surface area contributed by atoms with Crippen molar-refractivity contribution in [2.45, 2.75) is 52.6 Å². The minimum absolute atomic E-state index is 0.0512. The number of rotatable bonds is 6. The molecule has 0 spiro atoms. The van der Waals surface area contributed by atoms with Gasteiger partial charge in [-0.2, -0.15) is 0 Å². The molecule has 0 rings (SSSR count). The zero-order valence-electron chi connectivity index (χ0n) is 12.2. The van der Waals surface area contributed by atoms with E-state index >= 15 is 0 Å². The highest BCUT2D eigenvalue weighted by atomic mass is 16.1. The maximum Gasteiger partial charge on any atom is 0.221 e. The summed E-state index contributed by atoms with van der Waals surface area (Å²) in [6.45, 7) is 9.17. The Balaban J connectivity index is 3.87. The first kappa shape index (κ1) is 16.4. The van der Waals surface area contributed by atoms with Gasteiger partial charge in [-0.25, -0.2) is 0 Å². The summed E-state index contributed by atoms with van der Waals surface area (Å²) >= 11 is 0. The van der Waals surface area contributed by atoms with Crippen molar-refractivity contribution in [1.29, 1.82) is 0 Å². The maximum absolute atomic E-state index is 11.7. The molecule has 102 valence electrons. The van der Waals surface area contributed by atoms with E-state index in [1.165, 1.54) is 0 Å². The van der Waals surface area contributed by atoms with E-state index in [-0.39, 0.29) is 17.4 Å². The average Bonchev–Trinajstić information content (AvgIpc) is 2.10. The van der Waals surface area contributed by atoms with E-state index < -0.39 is 0 Å². The van der Waals surface area contributed by atoms with Gasteiger partial charge in [0, 0.05) is 25.0 Å². The largest absolute Gasteiger partial charge is 0.354 e. The minimum Gasteiger partial charge on any atom is -0.354 e. The molecule has 0 fully saturated rings. The van der Waals surface area contributed by atoms with Gasteiger partial charge < -0.3 is 16.0 Å². The molecule has 2 atom stereocenters. The Morgan fingerprint density at radius 3 is 2.29 bits per heavy atom. The van der Waals surface area contributed by atoms with Gasteiger partial charge in [-0.1, -0.05) is 20.8 Å². The van der Waals surface area contributed by atoms with Crippen LogP contribution in [0.5, 0.6) is 0 Å². The molecule has 1 amide bonds. The highest BCUT2D eigenvalue weighted by molar-refractivity contribution is 5.76. The second kappa shape index (κ2) is 6.97. The Labute approximate surface area is 106 Å². The van der Waals surface area contributed by atoms with Gasteiger partial charge in [0.05, 0.1) is 0 Å². The lowest BCUT2D eigenvalue weighted by Crippen LogP contribution is -2.40. The number of nitrogens with zero attached hydrogens (tertiary/aromatic N) is 1. The second-order valence-electron chi connectivity index (χ2n) is 6.35. The number of hydrogen-bond donors (Lipinski definition) is 2. The summed E-state index contributed by atoms with van der Waals surface area (Å²) in [6, 6.07) is 0.294. The number of nitrogens with two attached hydrogens (primary N) is 1. The van der Waals surface area contributed by atoms with E-state index in [9.17, 15) is 4.79 Å². The molecule has 2 unspecified atom stereocenters. The van der Waals surface area contributed by atoms with Crippen molar-refractivity contribution in [3.8, 4) is 0 Å². The van der Waals surface area contributed by atoms with Crippen LogP contribution in [0.3, 0.4) is 0 Å². The summed E-state index contributed by atoms with van der Waals surface area (Å²) in [6.07, 6.45) is 1.28. The molecule has 0 radical (unpaired) electrons. The Morgan fingerprint density at radius 1 is 1.35 bits per heavy atom. The lowest BCUT2D eigenvalue weighted by atomic mass is 9.87. The summed E-state index contributed by atoms with van der Waals surface area (Å²) in [7, 11) is 4.00. The van der Waals surface area contributed by atoms with Gasteiger partial charge in [-0.3, -0.25) is 4.79 Å². The minimum atomic E-state index is -0.0512. The Kier molecular flexibility index (Phi) is 6.72. The number of carbonyl (C=O) groups is 1. The molecule has 0 aliphatic carbocycles. The Hall–Kier alpha value is -0.610. The summed E-state index contributed by atoms with van der Waals surface area (Å²) < 4.78 is 0. The normalized spacial score (nSPS) is 15.8. The molecule has 0 bridgehead atoms. The zero-order valence-corrected chi connectivity index (χ0v) is 12.2. The number of hydrogen-bond acceptors (Lipinski definition) is 3. The standard InChI is InChI=1S/C13H29N3O/c1-10(16(5)6)9-15-12(17)7-11(14)8-13(2,3)4/h10-11H,7-9,14H2,1-6H3,(H,15,17). The molecule has 4 nitrogen and oxygen atoms in total. The van der Waals surface area contributed by atoms with Crippen molar-refractivity contribution in [3.05, 3.63) is 0 Å². The lowest BCUT2D eigenvalue weighted by molar-refractivity contribution is -0.121. The molecule has 0 aliphatic heterocycles. The third kappa shape index (κ3) is 9.12. The number of nitrogens with one attached hydrogen (secondary N) is 1. The van der Waals surface area contributed by atoms with Crippen LogP contribution in [-0.4, -0.2) is 43.5 Å². The van der Waals surface area contributed by atoms with Gasteiger partial charge >= 0.3 is 0 Å². The van der Waals surface area contributed by atoms with Crippen LogP contribution < -0.4 is 11.1 Å². The van der Waals surface area contributed by atoms with Crippen molar-refractivity contribution in [2.75, 3.05) is 20.6 Å². The van der Waals surface area contributed by atoms with Crippen LogP contribution in [0, 0.1) is 5.41 Å². The summed E-state index contributed by atoms with van der Waals surface area (Å²) in [5, 5.41) is 2.92. The van der Waals surface area contributed by atoms with Gasteiger partial charge in [0.25, 0.3) is 0 Å². The van der Waals surface area contributed by atoms with E-state index in [0.717, 1.165) is 6.42 Å². The van der Waals surface area contributed by atoms with E-state index in [1.54, 1.807) is 0 Å². The molecule has 0 aromatic heterocycles. The molecule has 0 aromatic carbocycles. The zero-order chi connectivity index (χ0) is 13.6. The quantitative estimate of drug-likeness (QED) is 0.737. The first-order valence-corrected chi connectivity index (χ1v) is 6.30. The molecule has 0 saturated heterocycles. The van der Waals surface area contributed by atoms with E-state index in [1.807, 2.05) is 14.1 Å². The van der Waals surface area contributed by atoms with Crippen molar-refractivity contribution in [1.82, 2.24) is 10.2 Å². The number of carbonyl (C=O) groups excluding carboxylic acids is 1. The molecule has 0 heterocycles. The number of amides is 1.